The van der Waals surface area contributed by atoms with Crippen molar-refractivity contribution < 1.29 is 32.6 Å². The fourth-order valence-corrected chi connectivity index (χ4v) is 9.35. The van der Waals surface area contributed by atoms with E-state index < -0.39 is 45.1 Å². The number of rotatable bonds is 3. The van der Waals surface area contributed by atoms with Gasteiger partial charge in [-0.3, -0.25) is 4.79 Å². The maximum atomic E-state index is 13.5. The van der Waals surface area contributed by atoms with Crippen molar-refractivity contribution in [2.45, 2.75) is 69.1 Å². The van der Waals surface area contributed by atoms with Crippen molar-refractivity contribution in [3.05, 3.63) is 70.3 Å². The van der Waals surface area contributed by atoms with E-state index in [1.54, 1.807) is 32.0 Å². The topological polar surface area (TPSA) is 122 Å². The zero-order chi connectivity index (χ0) is 32.8. The van der Waals surface area contributed by atoms with Crippen molar-refractivity contribution in [2.75, 3.05) is 31.7 Å². The molecule has 46 heavy (non-hydrogen) atoms. The third-order valence-electron chi connectivity index (χ3n) is 10.9. The Morgan fingerprint density at radius 2 is 1.98 bits per heavy atom. The average Bonchev–Trinajstić information content (AvgIpc) is 3.15. The van der Waals surface area contributed by atoms with Gasteiger partial charge in [0, 0.05) is 42.1 Å². The zero-order valence-electron chi connectivity index (χ0n) is 26.6. The number of fused-ring (bicyclic) bond motifs is 4. The van der Waals surface area contributed by atoms with Gasteiger partial charge in [-0.05, 0) is 105 Å². The first-order valence-corrected chi connectivity index (χ1v) is 18.1. The van der Waals surface area contributed by atoms with Crippen molar-refractivity contribution >= 4 is 39.2 Å². The molecule has 0 radical (unpaired) electrons. The Balaban J connectivity index is 1.42. The number of methoxy groups -OCH3 is 1. The van der Waals surface area contributed by atoms with Crippen LogP contribution in [0.1, 0.15) is 67.4 Å². The highest BCUT2D eigenvalue weighted by Crippen LogP contribution is 2.46. The van der Waals surface area contributed by atoms with E-state index in [0.717, 1.165) is 37.8 Å². The van der Waals surface area contributed by atoms with Crippen LogP contribution < -0.4 is 14.4 Å². The number of carbonyl (C=O) groups excluding carboxylic acids is 1. The standard InChI is InChI=1S/C35H43ClN2O7S/c1-21-15-25(32(44-3)34(40)41)8-6-23-7-9-27(23)18-38-19-35(14-4-5-24-16-28(36)11-12-29(24)35)20-45-31-13-10-26(17-30(31)38)33(39)37-46(42,43)22(21)2/h6,8,10-13,16-17,21-23,25,27,32H,4-5,7,9,14-15,18-20H2,1-3H3,(H,37,39)(H,40,41)/b8-6-/t21-,22+,23+,25+,27-,32+,35-/m0/s1. The lowest BCUT2D eigenvalue weighted by atomic mass is 9.69. The van der Waals surface area contributed by atoms with Gasteiger partial charge in [0.05, 0.1) is 17.5 Å². The maximum Gasteiger partial charge on any atom is 0.333 e. The molecule has 2 aromatic carbocycles. The van der Waals surface area contributed by atoms with Gasteiger partial charge in [-0.15, -0.1) is 0 Å². The summed E-state index contributed by atoms with van der Waals surface area (Å²) in [7, 11) is -2.73. The number of allylic oxidation sites excluding steroid dienone is 1. The van der Waals surface area contributed by atoms with E-state index in [9.17, 15) is 23.1 Å². The van der Waals surface area contributed by atoms with Gasteiger partial charge in [-0.1, -0.05) is 36.7 Å². The second kappa shape index (κ2) is 12.8. The number of ether oxygens (including phenoxy) is 2. The van der Waals surface area contributed by atoms with E-state index in [0.29, 0.717) is 36.4 Å². The van der Waals surface area contributed by atoms with E-state index in [1.807, 2.05) is 12.1 Å². The molecule has 1 amide bonds. The molecule has 0 unspecified atom stereocenters. The average molecular weight is 671 g/mol. The van der Waals surface area contributed by atoms with Crippen LogP contribution in [0.2, 0.25) is 5.02 Å². The number of nitrogens with one attached hydrogen (secondary N) is 1. The maximum absolute atomic E-state index is 13.5. The predicted octanol–water partition coefficient (Wildman–Crippen LogP) is 5.60. The summed E-state index contributed by atoms with van der Waals surface area (Å²) in [6, 6.07) is 11.3. The summed E-state index contributed by atoms with van der Waals surface area (Å²) >= 11 is 6.40. The molecule has 2 heterocycles. The van der Waals surface area contributed by atoms with Crippen LogP contribution in [-0.4, -0.2) is 63.6 Å². The van der Waals surface area contributed by atoms with Crippen LogP contribution in [0.3, 0.4) is 0 Å². The quantitative estimate of drug-likeness (QED) is 0.405. The number of hydrogen-bond acceptors (Lipinski definition) is 7. The van der Waals surface area contributed by atoms with Crippen LogP contribution >= 0.6 is 11.6 Å². The SMILES string of the molecule is CO[C@@H](C(=O)O)[C@@H]1/C=C\[C@@H]2CC[C@H]2CN2C[C@@]3(CCCc4cc(Cl)ccc43)COc3ccc(cc32)C(=O)NS(=O)(=O)[C@H](C)[C@@H](C)C1. The predicted molar refractivity (Wildman–Crippen MR) is 177 cm³/mol. The van der Waals surface area contributed by atoms with E-state index in [-0.39, 0.29) is 23.3 Å². The number of carboxylic acids is 1. The second-order valence-electron chi connectivity index (χ2n) is 13.7. The van der Waals surface area contributed by atoms with Gasteiger partial charge in [0.2, 0.25) is 10.0 Å². The highest BCUT2D eigenvalue weighted by molar-refractivity contribution is 7.90. The number of aliphatic carboxylic acids is 1. The Labute approximate surface area is 276 Å². The number of carboxylic acid groups (broad SMARTS) is 1. The first kappa shape index (κ1) is 32.8. The van der Waals surface area contributed by atoms with Crippen LogP contribution in [0.15, 0.2) is 48.6 Å². The van der Waals surface area contributed by atoms with Crippen molar-refractivity contribution in [1.82, 2.24) is 4.72 Å². The first-order chi connectivity index (χ1) is 21.9. The van der Waals surface area contributed by atoms with Crippen LogP contribution in [0, 0.1) is 23.7 Å². The Morgan fingerprint density at radius 1 is 1.17 bits per heavy atom. The van der Waals surface area contributed by atoms with Crippen LogP contribution in [-0.2, 0) is 31.4 Å². The van der Waals surface area contributed by atoms with Gasteiger partial charge in [0.1, 0.15) is 5.75 Å². The number of halogens is 1. The van der Waals surface area contributed by atoms with E-state index >= 15 is 0 Å². The molecule has 2 aromatic rings. The van der Waals surface area contributed by atoms with Crippen molar-refractivity contribution in [3.63, 3.8) is 0 Å². The molecule has 6 rings (SSSR count). The van der Waals surface area contributed by atoms with Crippen molar-refractivity contribution in [3.8, 4) is 5.75 Å². The lowest BCUT2D eigenvalue weighted by Gasteiger charge is -2.44. The molecule has 0 saturated heterocycles. The summed E-state index contributed by atoms with van der Waals surface area (Å²) in [4.78, 5) is 28.0. The summed E-state index contributed by atoms with van der Waals surface area (Å²) in [5.74, 6) is -1.60. The first-order valence-electron chi connectivity index (χ1n) is 16.2. The lowest BCUT2D eigenvalue weighted by molar-refractivity contribution is -0.151. The van der Waals surface area contributed by atoms with Crippen LogP contribution in [0.5, 0.6) is 5.75 Å². The van der Waals surface area contributed by atoms with Gasteiger partial charge in [-0.25, -0.2) is 17.9 Å². The summed E-state index contributed by atoms with van der Waals surface area (Å²) in [6.45, 7) is 5.18. The smallest absolute Gasteiger partial charge is 0.333 e. The van der Waals surface area contributed by atoms with Gasteiger partial charge in [0.15, 0.2) is 6.10 Å². The third-order valence-corrected chi connectivity index (χ3v) is 13.0. The van der Waals surface area contributed by atoms with Crippen molar-refractivity contribution in [1.29, 1.82) is 0 Å². The molecule has 2 bridgehead atoms. The highest BCUT2D eigenvalue weighted by Gasteiger charge is 2.43. The van der Waals surface area contributed by atoms with Crippen LogP contribution in [0.25, 0.3) is 0 Å². The minimum atomic E-state index is -4.09. The number of amides is 1. The monoisotopic (exact) mass is 670 g/mol. The molecule has 1 fully saturated rings. The highest BCUT2D eigenvalue weighted by atomic mass is 35.5. The summed E-state index contributed by atoms with van der Waals surface area (Å²) in [5, 5.41) is 9.69. The Bertz CT molecular complexity index is 1650. The number of hydrogen-bond donors (Lipinski definition) is 2. The molecule has 1 saturated carbocycles. The minimum absolute atomic E-state index is 0.227. The number of benzene rings is 2. The number of carbonyl (C=O) groups is 2. The molecule has 2 aliphatic carbocycles. The largest absolute Gasteiger partial charge is 0.490 e. The molecule has 248 valence electrons. The van der Waals surface area contributed by atoms with E-state index in [4.69, 9.17) is 21.1 Å². The van der Waals surface area contributed by atoms with Gasteiger partial charge < -0.3 is 19.5 Å². The molecular weight excluding hydrogens is 628 g/mol. The van der Waals surface area contributed by atoms with Crippen LogP contribution in [0.4, 0.5) is 5.69 Å². The van der Waals surface area contributed by atoms with E-state index in [1.165, 1.54) is 18.2 Å². The van der Waals surface area contributed by atoms with Gasteiger partial charge in [0.25, 0.3) is 5.91 Å². The third kappa shape index (κ3) is 6.28. The molecule has 1 spiro atoms. The summed E-state index contributed by atoms with van der Waals surface area (Å²) in [5.41, 5.74) is 3.19. The van der Waals surface area contributed by atoms with Crippen molar-refractivity contribution in [2.24, 2.45) is 23.7 Å². The fourth-order valence-electron chi connectivity index (χ4n) is 7.87. The molecule has 7 atom stereocenters. The lowest BCUT2D eigenvalue weighted by Crippen LogP contribution is -2.48. The number of anilines is 1. The summed E-state index contributed by atoms with van der Waals surface area (Å²) in [6.07, 6.45) is 8.08. The number of sulfonamides is 1. The Morgan fingerprint density at radius 3 is 2.70 bits per heavy atom. The zero-order valence-corrected chi connectivity index (χ0v) is 28.1. The molecule has 0 aromatic heterocycles. The number of aryl methyl sites for hydroxylation is 1. The Kier molecular flexibility index (Phi) is 9.17. The molecule has 9 nitrogen and oxygen atoms in total. The number of nitrogens with zero attached hydrogens (tertiary/aromatic N) is 1. The van der Waals surface area contributed by atoms with Gasteiger partial charge >= 0.3 is 5.97 Å². The second-order valence-corrected chi connectivity index (χ2v) is 16.2. The molecule has 11 heteroatoms. The molecule has 2 N–H and O–H groups in total. The van der Waals surface area contributed by atoms with Gasteiger partial charge in [-0.2, -0.15) is 0 Å². The molecule has 2 aliphatic heterocycles. The summed E-state index contributed by atoms with van der Waals surface area (Å²) < 4.78 is 41.1. The van der Waals surface area contributed by atoms with E-state index in [2.05, 4.69) is 27.8 Å². The Hall–Kier alpha value is -3.08. The molecule has 4 aliphatic rings. The fraction of sp³-hybridized carbons (Fsp3) is 0.543. The minimum Gasteiger partial charge on any atom is -0.490 e. The molecular formula is C35H43ClN2O7S. The normalized spacial score (nSPS) is 32.0.